The third-order valence-electron chi connectivity index (χ3n) is 2.05. The van der Waals surface area contributed by atoms with Crippen LogP contribution in [0.25, 0.3) is 0 Å². The van der Waals surface area contributed by atoms with Crippen LogP contribution in [0.4, 0.5) is 4.39 Å². The molecule has 4 heteroatoms. The van der Waals surface area contributed by atoms with Gasteiger partial charge < -0.3 is 10.2 Å². The summed E-state index contributed by atoms with van der Waals surface area (Å²) in [6, 6.07) is 0. The van der Waals surface area contributed by atoms with Crippen molar-refractivity contribution < 1.29 is 19.4 Å². The van der Waals surface area contributed by atoms with Crippen LogP contribution >= 0.6 is 0 Å². The Morgan fingerprint density at radius 3 is 2.64 bits per heavy atom. The van der Waals surface area contributed by atoms with E-state index in [1.165, 1.54) is 0 Å². The maximum atomic E-state index is 13.2. The Labute approximate surface area is 63.8 Å². The van der Waals surface area contributed by atoms with Crippen molar-refractivity contribution in [1.29, 1.82) is 0 Å². The second-order valence-corrected chi connectivity index (χ2v) is 3.02. The number of aliphatic hydroxyl groups is 1. The molecule has 64 valence electrons. The quantitative estimate of drug-likeness (QED) is 0.597. The van der Waals surface area contributed by atoms with Crippen molar-refractivity contribution in [2.45, 2.75) is 37.5 Å². The van der Waals surface area contributed by atoms with Crippen molar-refractivity contribution in [3.05, 3.63) is 0 Å². The molecule has 1 rings (SSSR count). The standard InChI is InChI=1S/C7H11FO3/c8-7(6(10)11)3-1-2-5(9)4-7/h5,9H,1-4H2,(H,10,11)/t5-,7-/m0/s1. The Morgan fingerprint density at radius 2 is 2.27 bits per heavy atom. The van der Waals surface area contributed by atoms with Gasteiger partial charge >= 0.3 is 5.97 Å². The summed E-state index contributed by atoms with van der Waals surface area (Å²) in [4.78, 5) is 10.3. The molecule has 0 unspecified atom stereocenters. The first-order valence-corrected chi connectivity index (χ1v) is 3.65. The van der Waals surface area contributed by atoms with Crippen molar-refractivity contribution in [2.24, 2.45) is 0 Å². The summed E-state index contributed by atoms with van der Waals surface area (Å²) in [6.45, 7) is 0. The van der Waals surface area contributed by atoms with Gasteiger partial charge in [0.05, 0.1) is 6.10 Å². The molecular formula is C7H11FO3. The highest BCUT2D eigenvalue weighted by atomic mass is 19.1. The van der Waals surface area contributed by atoms with E-state index in [4.69, 9.17) is 10.2 Å². The molecule has 11 heavy (non-hydrogen) atoms. The maximum absolute atomic E-state index is 13.2. The average molecular weight is 162 g/mol. The molecule has 1 aliphatic carbocycles. The second kappa shape index (κ2) is 2.77. The van der Waals surface area contributed by atoms with E-state index < -0.39 is 17.7 Å². The predicted octanol–water partition coefficient (Wildman–Crippen LogP) is 0.714. The largest absolute Gasteiger partial charge is 0.479 e. The van der Waals surface area contributed by atoms with Gasteiger partial charge in [0, 0.05) is 6.42 Å². The second-order valence-electron chi connectivity index (χ2n) is 3.02. The van der Waals surface area contributed by atoms with Crippen LogP contribution in [0.15, 0.2) is 0 Å². The van der Waals surface area contributed by atoms with Crippen LogP contribution in [-0.2, 0) is 4.79 Å². The van der Waals surface area contributed by atoms with Crippen molar-refractivity contribution in [3.63, 3.8) is 0 Å². The number of rotatable bonds is 1. The molecule has 0 spiro atoms. The lowest BCUT2D eigenvalue weighted by molar-refractivity contribution is -0.155. The minimum Gasteiger partial charge on any atom is -0.479 e. The van der Waals surface area contributed by atoms with E-state index in [-0.39, 0.29) is 12.8 Å². The van der Waals surface area contributed by atoms with E-state index in [9.17, 15) is 9.18 Å². The van der Waals surface area contributed by atoms with Gasteiger partial charge in [-0.15, -0.1) is 0 Å². The van der Waals surface area contributed by atoms with Crippen LogP contribution in [0.3, 0.4) is 0 Å². The average Bonchev–Trinajstić information content (AvgIpc) is 1.86. The fourth-order valence-corrected chi connectivity index (χ4v) is 1.39. The summed E-state index contributed by atoms with van der Waals surface area (Å²) in [7, 11) is 0. The number of carboxylic acid groups (broad SMARTS) is 1. The summed E-state index contributed by atoms with van der Waals surface area (Å²) < 4.78 is 13.2. The lowest BCUT2D eigenvalue weighted by atomic mass is 9.85. The number of aliphatic hydroxyl groups excluding tert-OH is 1. The van der Waals surface area contributed by atoms with Gasteiger partial charge in [0.25, 0.3) is 0 Å². The molecule has 0 aromatic heterocycles. The van der Waals surface area contributed by atoms with Crippen molar-refractivity contribution in [1.82, 2.24) is 0 Å². The minimum absolute atomic E-state index is 0.0272. The number of hydrogen-bond donors (Lipinski definition) is 2. The third kappa shape index (κ3) is 1.68. The topological polar surface area (TPSA) is 57.5 Å². The molecule has 0 radical (unpaired) electrons. The molecule has 2 N–H and O–H groups in total. The van der Waals surface area contributed by atoms with E-state index in [0.717, 1.165) is 0 Å². The molecule has 0 bridgehead atoms. The molecule has 0 aromatic carbocycles. The zero-order valence-corrected chi connectivity index (χ0v) is 6.09. The molecule has 0 aliphatic heterocycles. The van der Waals surface area contributed by atoms with Gasteiger partial charge in [-0.1, -0.05) is 0 Å². The summed E-state index contributed by atoms with van der Waals surface area (Å²) in [6.07, 6.45) is -0.0603. The zero-order chi connectivity index (χ0) is 8.48. The molecule has 2 atom stereocenters. The Hall–Kier alpha value is -0.640. The molecular weight excluding hydrogens is 151 g/mol. The molecule has 1 aliphatic rings. The first kappa shape index (κ1) is 8.46. The zero-order valence-electron chi connectivity index (χ0n) is 6.09. The van der Waals surface area contributed by atoms with Gasteiger partial charge in [-0.2, -0.15) is 0 Å². The molecule has 3 nitrogen and oxygen atoms in total. The van der Waals surface area contributed by atoms with Crippen LogP contribution in [0.2, 0.25) is 0 Å². The van der Waals surface area contributed by atoms with Crippen LogP contribution in [0.1, 0.15) is 25.7 Å². The molecule has 1 fully saturated rings. The van der Waals surface area contributed by atoms with Crippen molar-refractivity contribution in [2.75, 3.05) is 0 Å². The monoisotopic (exact) mass is 162 g/mol. The van der Waals surface area contributed by atoms with Gasteiger partial charge in [0.1, 0.15) is 0 Å². The first-order chi connectivity index (χ1) is 5.04. The Bertz CT molecular complexity index is 171. The normalized spacial score (nSPS) is 38.5. The van der Waals surface area contributed by atoms with Gasteiger partial charge in [-0.3, -0.25) is 0 Å². The van der Waals surface area contributed by atoms with Crippen molar-refractivity contribution in [3.8, 4) is 0 Å². The summed E-state index contributed by atoms with van der Waals surface area (Å²) in [5.41, 5.74) is -2.18. The van der Waals surface area contributed by atoms with Crippen LogP contribution in [0.5, 0.6) is 0 Å². The summed E-state index contributed by atoms with van der Waals surface area (Å²) in [5.74, 6) is -1.45. The van der Waals surface area contributed by atoms with Crippen LogP contribution < -0.4 is 0 Å². The molecule has 0 saturated heterocycles. The first-order valence-electron chi connectivity index (χ1n) is 3.65. The van der Waals surface area contributed by atoms with Gasteiger partial charge in [-0.25, -0.2) is 9.18 Å². The predicted molar refractivity (Wildman–Crippen MR) is 35.9 cm³/mol. The third-order valence-corrected chi connectivity index (χ3v) is 2.05. The number of carboxylic acids is 1. The highest BCUT2D eigenvalue weighted by molar-refractivity contribution is 5.77. The van der Waals surface area contributed by atoms with Gasteiger partial charge in [0.2, 0.25) is 5.67 Å². The summed E-state index contributed by atoms with van der Waals surface area (Å²) >= 11 is 0. The van der Waals surface area contributed by atoms with E-state index >= 15 is 0 Å². The number of hydrogen-bond acceptors (Lipinski definition) is 2. The maximum Gasteiger partial charge on any atom is 0.341 e. The molecule has 0 heterocycles. The van der Waals surface area contributed by atoms with E-state index in [1.807, 2.05) is 0 Å². The number of alkyl halides is 1. The van der Waals surface area contributed by atoms with E-state index in [1.54, 1.807) is 0 Å². The Kier molecular flexibility index (Phi) is 2.13. The van der Waals surface area contributed by atoms with E-state index in [0.29, 0.717) is 12.8 Å². The molecule has 0 aromatic rings. The van der Waals surface area contributed by atoms with Crippen LogP contribution in [0, 0.1) is 0 Å². The minimum atomic E-state index is -2.18. The van der Waals surface area contributed by atoms with Crippen LogP contribution in [-0.4, -0.2) is 28.0 Å². The number of aliphatic carboxylic acids is 1. The lowest BCUT2D eigenvalue weighted by Crippen LogP contribution is -2.40. The molecule has 0 amide bonds. The fraction of sp³-hybridized carbons (Fsp3) is 0.857. The van der Waals surface area contributed by atoms with E-state index in [2.05, 4.69) is 0 Å². The lowest BCUT2D eigenvalue weighted by Gasteiger charge is -2.28. The number of halogens is 1. The smallest absolute Gasteiger partial charge is 0.341 e. The highest BCUT2D eigenvalue weighted by Gasteiger charge is 2.42. The highest BCUT2D eigenvalue weighted by Crippen LogP contribution is 2.31. The fourth-order valence-electron chi connectivity index (χ4n) is 1.39. The molecule has 1 saturated carbocycles. The SMILES string of the molecule is O=C(O)[C@]1(F)CCC[C@H](O)C1. The number of carbonyl (C=O) groups is 1. The van der Waals surface area contributed by atoms with Gasteiger partial charge in [-0.05, 0) is 19.3 Å². The summed E-state index contributed by atoms with van der Waals surface area (Å²) in [5, 5.41) is 17.4. The van der Waals surface area contributed by atoms with Gasteiger partial charge in [0.15, 0.2) is 0 Å². The Morgan fingerprint density at radius 1 is 1.64 bits per heavy atom. The Balaban J connectivity index is 2.63. The van der Waals surface area contributed by atoms with Crippen molar-refractivity contribution >= 4 is 5.97 Å².